The summed E-state index contributed by atoms with van der Waals surface area (Å²) in [6.45, 7) is 12.9. The molecule has 1 N–H and O–H groups in total. The molecule has 0 spiro atoms. The van der Waals surface area contributed by atoms with E-state index in [-0.39, 0.29) is 5.91 Å². The second-order valence-corrected chi connectivity index (χ2v) is 10.9. The molecule has 5 nitrogen and oxygen atoms in total. The molecule has 3 aromatic rings. The maximum absolute atomic E-state index is 11.8. The zero-order valence-corrected chi connectivity index (χ0v) is 23.0. The monoisotopic (exact) mass is 517 g/mol. The number of hydrogen-bond donors (Lipinski definition) is 1. The molecule has 1 aliphatic heterocycles. The molecular weight excluding hydrogens is 480 g/mol. The molecule has 2 aromatic carbocycles. The Kier molecular flexibility index (Phi) is 9.33. The number of hydrogen-bond acceptors (Lipinski definition) is 4. The molecule has 0 fully saturated rings. The fraction of sp³-hybridized carbons (Fsp3) is 0.419. The zero-order valence-electron chi connectivity index (χ0n) is 22.3. The Morgan fingerprint density at radius 1 is 1.16 bits per heavy atom. The van der Waals surface area contributed by atoms with Crippen molar-refractivity contribution in [3.8, 4) is 11.3 Å². The van der Waals surface area contributed by atoms with Gasteiger partial charge in [-0.15, -0.1) is 0 Å². The number of nitrogens with one attached hydrogen (secondary N) is 1. The first kappa shape index (κ1) is 27.3. The fourth-order valence-electron chi connectivity index (χ4n) is 5.36. The number of benzene rings is 2. The predicted molar refractivity (Wildman–Crippen MR) is 152 cm³/mol. The van der Waals surface area contributed by atoms with E-state index < -0.39 is 0 Å². The molecule has 6 heteroatoms. The van der Waals surface area contributed by atoms with E-state index in [0.29, 0.717) is 22.8 Å². The number of nitrogens with zero attached hydrogens (tertiary/aromatic N) is 3. The minimum atomic E-state index is -0.187. The lowest BCUT2D eigenvalue weighted by Crippen LogP contribution is -2.31. The van der Waals surface area contributed by atoms with Gasteiger partial charge in [-0.25, -0.2) is 9.97 Å². The van der Waals surface area contributed by atoms with Gasteiger partial charge in [0.1, 0.15) is 0 Å². The highest BCUT2D eigenvalue weighted by Crippen LogP contribution is 2.35. The molecule has 196 valence electrons. The lowest BCUT2D eigenvalue weighted by Gasteiger charge is -2.30. The van der Waals surface area contributed by atoms with Crippen LogP contribution in [0.25, 0.3) is 11.3 Å². The Hall–Kier alpha value is -2.76. The maximum atomic E-state index is 11.8. The van der Waals surface area contributed by atoms with Gasteiger partial charge in [0.2, 0.25) is 11.9 Å². The molecular formula is C31H38ClN4O-. The molecule has 0 saturated carbocycles. The highest BCUT2D eigenvalue weighted by Gasteiger charge is 2.25. The van der Waals surface area contributed by atoms with Crippen molar-refractivity contribution in [1.82, 2.24) is 14.9 Å². The van der Waals surface area contributed by atoms with E-state index in [2.05, 4.69) is 78.4 Å². The highest BCUT2D eigenvalue weighted by atomic mass is 35.5. The summed E-state index contributed by atoms with van der Waals surface area (Å²) in [6.07, 6.45) is 5.25. The molecule has 0 saturated heterocycles. The summed E-state index contributed by atoms with van der Waals surface area (Å²) in [5.74, 6) is 1.18. The van der Waals surface area contributed by atoms with Crippen LogP contribution in [0.4, 0.5) is 5.95 Å². The molecule has 1 aromatic heterocycles. The van der Waals surface area contributed by atoms with Crippen LogP contribution in [0.2, 0.25) is 5.02 Å². The second kappa shape index (κ2) is 12.7. The first-order valence-electron chi connectivity index (χ1n) is 13.4. The number of aromatic nitrogens is 2. The Bertz CT molecular complexity index is 1210. The van der Waals surface area contributed by atoms with Crippen LogP contribution in [0.5, 0.6) is 0 Å². The summed E-state index contributed by atoms with van der Waals surface area (Å²) in [6, 6.07) is 16.8. The Balaban J connectivity index is 1.61. The fourth-order valence-corrected chi connectivity index (χ4v) is 5.65. The number of anilines is 1. The van der Waals surface area contributed by atoms with Gasteiger partial charge in [-0.05, 0) is 23.1 Å². The molecule has 0 bridgehead atoms. The smallest absolute Gasteiger partial charge is 0.230 e. The summed E-state index contributed by atoms with van der Waals surface area (Å²) in [5, 5.41) is 3.44. The van der Waals surface area contributed by atoms with E-state index >= 15 is 0 Å². The van der Waals surface area contributed by atoms with Crippen molar-refractivity contribution in [2.75, 3.05) is 11.9 Å². The SMILES string of the molecule is [CH2-]C(Cc1ccc(-c2nc(NC(C)=O)nc3c2CN(Cc2ccccc2)CC3)c(Cl)c1)CC(C)CCC. The largest absolute Gasteiger partial charge is 0.340 e. The van der Waals surface area contributed by atoms with Gasteiger partial charge in [-0.3, -0.25) is 15.0 Å². The van der Waals surface area contributed by atoms with E-state index in [1.54, 1.807) is 0 Å². The Labute approximate surface area is 226 Å². The van der Waals surface area contributed by atoms with Crippen LogP contribution < -0.4 is 5.32 Å². The molecule has 4 rings (SSSR count). The van der Waals surface area contributed by atoms with Crippen molar-refractivity contribution in [1.29, 1.82) is 0 Å². The van der Waals surface area contributed by atoms with Gasteiger partial charge in [0, 0.05) is 44.1 Å². The lowest BCUT2D eigenvalue weighted by molar-refractivity contribution is -0.114. The van der Waals surface area contributed by atoms with Crippen molar-refractivity contribution in [3.63, 3.8) is 0 Å². The van der Waals surface area contributed by atoms with Crippen molar-refractivity contribution >= 4 is 23.5 Å². The summed E-state index contributed by atoms with van der Waals surface area (Å²) >= 11 is 6.89. The average molecular weight is 518 g/mol. The van der Waals surface area contributed by atoms with Gasteiger partial charge in [0.15, 0.2) is 0 Å². The quantitative estimate of drug-likeness (QED) is 0.290. The molecule has 37 heavy (non-hydrogen) atoms. The van der Waals surface area contributed by atoms with Crippen LogP contribution in [0.15, 0.2) is 48.5 Å². The van der Waals surface area contributed by atoms with E-state index in [9.17, 15) is 4.79 Å². The van der Waals surface area contributed by atoms with Gasteiger partial charge < -0.3 is 6.92 Å². The normalized spacial score (nSPS) is 15.2. The molecule has 2 atom stereocenters. The zero-order chi connectivity index (χ0) is 26.4. The molecule has 0 aliphatic carbocycles. The second-order valence-electron chi connectivity index (χ2n) is 10.5. The lowest BCUT2D eigenvalue weighted by atomic mass is 9.89. The third kappa shape index (κ3) is 7.39. The van der Waals surface area contributed by atoms with Crippen molar-refractivity contribution in [3.05, 3.63) is 82.9 Å². The molecule has 1 amide bonds. The maximum Gasteiger partial charge on any atom is 0.230 e. The number of fused-ring (bicyclic) bond motifs is 1. The summed E-state index contributed by atoms with van der Waals surface area (Å²) < 4.78 is 0. The van der Waals surface area contributed by atoms with Crippen molar-refractivity contribution < 1.29 is 4.79 Å². The molecule has 1 aliphatic rings. The summed E-state index contributed by atoms with van der Waals surface area (Å²) in [4.78, 5) is 23.7. The van der Waals surface area contributed by atoms with Crippen LogP contribution in [0.1, 0.15) is 62.4 Å². The van der Waals surface area contributed by atoms with Gasteiger partial charge in [0.25, 0.3) is 0 Å². The van der Waals surface area contributed by atoms with Crippen LogP contribution in [0, 0.1) is 18.8 Å². The number of amides is 1. The van der Waals surface area contributed by atoms with Crippen LogP contribution in [-0.2, 0) is 30.7 Å². The van der Waals surface area contributed by atoms with E-state index in [0.717, 1.165) is 61.4 Å². The minimum Gasteiger partial charge on any atom is -0.340 e. The van der Waals surface area contributed by atoms with E-state index in [4.69, 9.17) is 16.6 Å². The average Bonchev–Trinajstić information content (AvgIpc) is 2.84. The standard InChI is InChI=1S/C31H38ClN4O/c1-5-9-21(2)16-22(3)17-25-12-13-26(28(32)18-25)30-27-20-36(19-24-10-7-6-8-11-24)15-14-29(27)34-31(35-30)33-23(4)37/h6-8,10-13,18,21-22H,3,5,9,14-17,19-20H2,1-2,4H3,(H,33,34,35,37)/q-1. The van der Waals surface area contributed by atoms with Crippen molar-refractivity contribution in [2.45, 2.75) is 66.0 Å². The van der Waals surface area contributed by atoms with Gasteiger partial charge in [0.05, 0.1) is 16.4 Å². The molecule has 2 unspecified atom stereocenters. The van der Waals surface area contributed by atoms with Crippen LogP contribution in [0.3, 0.4) is 0 Å². The van der Waals surface area contributed by atoms with E-state index in [1.165, 1.54) is 30.9 Å². The van der Waals surface area contributed by atoms with E-state index in [1.807, 2.05) is 6.07 Å². The number of rotatable bonds is 10. The van der Waals surface area contributed by atoms with Crippen LogP contribution in [-0.4, -0.2) is 27.3 Å². The third-order valence-corrected chi connectivity index (χ3v) is 7.32. The Morgan fingerprint density at radius 3 is 2.65 bits per heavy atom. The summed E-state index contributed by atoms with van der Waals surface area (Å²) in [5.41, 5.74) is 6.19. The number of carbonyl (C=O) groups is 1. The number of carbonyl (C=O) groups excluding carboxylic acids is 1. The predicted octanol–water partition coefficient (Wildman–Crippen LogP) is 7.13. The summed E-state index contributed by atoms with van der Waals surface area (Å²) in [7, 11) is 0. The highest BCUT2D eigenvalue weighted by molar-refractivity contribution is 6.33. The topological polar surface area (TPSA) is 58.1 Å². The molecule has 2 heterocycles. The van der Waals surface area contributed by atoms with Gasteiger partial charge in [-0.1, -0.05) is 93.6 Å². The Morgan fingerprint density at radius 2 is 1.95 bits per heavy atom. The first-order valence-corrected chi connectivity index (χ1v) is 13.8. The third-order valence-electron chi connectivity index (χ3n) is 7.01. The van der Waals surface area contributed by atoms with Crippen LogP contribution >= 0.6 is 11.6 Å². The molecule has 0 radical (unpaired) electrons. The minimum absolute atomic E-state index is 0.187. The van der Waals surface area contributed by atoms with Crippen molar-refractivity contribution in [2.24, 2.45) is 11.8 Å². The van der Waals surface area contributed by atoms with Gasteiger partial charge >= 0.3 is 0 Å². The number of halogens is 1. The first-order chi connectivity index (χ1) is 17.8. The van der Waals surface area contributed by atoms with Gasteiger partial charge in [-0.2, -0.15) is 5.92 Å².